The number of carbonyl (C=O) groups excluding carboxylic acids is 1. The van der Waals surface area contributed by atoms with E-state index in [1.165, 1.54) is 17.4 Å². The molecule has 2 aliphatic heterocycles. The molecule has 4 rings (SSSR count). The highest BCUT2D eigenvalue weighted by atomic mass is 32.2. The van der Waals surface area contributed by atoms with Gasteiger partial charge < -0.3 is 9.88 Å². The molecule has 0 aliphatic carbocycles. The van der Waals surface area contributed by atoms with E-state index in [4.69, 9.17) is 0 Å². The summed E-state index contributed by atoms with van der Waals surface area (Å²) in [6, 6.07) is 5.36. The van der Waals surface area contributed by atoms with Crippen LogP contribution in [0.4, 0.5) is 0 Å². The summed E-state index contributed by atoms with van der Waals surface area (Å²) in [5.41, 5.74) is 0.473. The minimum absolute atomic E-state index is 0.00329. The number of hydrogen-bond acceptors (Lipinski definition) is 6. The number of amides is 1. The van der Waals surface area contributed by atoms with Crippen molar-refractivity contribution in [1.82, 2.24) is 14.9 Å². The first-order valence-electron chi connectivity index (χ1n) is 9.53. The van der Waals surface area contributed by atoms with Crippen LogP contribution < -0.4 is 5.56 Å². The van der Waals surface area contributed by atoms with E-state index in [1.54, 1.807) is 4.90 Å². The summed E-state index contributed by atoms with van der Waals surface area (Å²) in [5.74, 6) is 0.845. The van der Waals surface area contributed by atoms with E-state index in [0.29, 0.717) is 31.0 Å². The van der Waals surface area contributed by atoms with E-state index in [0.717, 1.165) is 17.7 Å². The Morgan fingerprint density at radius 3 is 2.93 bits per heavy atom. The van der Waals surface area contributed by atoms with Gasteiger partial charge in [-0.15, -0.1) is 11.3 Å². The molecule has 7 nitrogen and oxygen atoms in total. The van der Waals surface area contributed by atoms with Crippen LogP contribution in [-0.2, 0) is 14.6 Å². The largest absolute Gasteiger partial charge is 0.342 e. The summed E-state index contributed by atoms with van der Waals surface area (Å²) in [5, 5.41) is 1.95. The van der Waals surface area contributed by atoms with Crippen molar-refractivity contribution in [2.45, 2.75) is 31.6 Å². The lowest BCUT2D eigenvalue weighted by molar-refractivity contribution is -0.133. The van der Waals surface area contributed by atoms with Gasteiger partial charge in [0.25, 0.3) is 5.56 Å². The average Bonchev–Trinajstić information content (AvgIpc) is 3.31. The number of carbonyl (C=O) groups is 1. The lowest BCUT2D eigenvalue weighted by atomic mass is 9.95. The monoisotopic (exact) mass is 421 g/mol. The summed E-state index contributed by atoms with van der Waals surface area (Å²) in [4.78, 5) is 35.1. The number of aromatic nitrogens is 2. The van der Waals surface area contributed by atoms with Gasteiger partial charge in [0.2, 0.25) is 5.91 Å². The van der Waals surface area contributed by atoms with Crippen LogP contribution in [0, 0.1) is 5.92 Å². The molecule has 28 heavy (non-hydrogen) atoms. The predicted molar refractivity (Wildman–Crippen MR) is 108 cm³/mol. The minimum atomic E-state index is -2.98. The SMILES string of the molecule is O=C(C[C@@H]1CCS(=O)(=O)C1)N1CCC[C@@H](c2nc(-c3cccs3)cc(=O)[nH]2)C1. The van der Waals surface area contributed by atoms with E-state index in [-0.39, 0.29) is 41.2 Å². The van der Waals surface area contributed by atoms with Crippen LogP contribution in [0.15, 0.2) is 28.4 Å². The molecular weight excluding hydrogens is 398 g/mol. The molecule has 1 N–H and O–H groups in total. The fraction of sp³-hybridized carbons (Fsp3) is 0.526. The second-order valence-electron chi connectivity index (χ2n) is 7.65. The van der Waals surface area contributed by atoms with Crippen LogP contribution in [0.2, 0.25) is 0 Å². The number of thiophene rings is 1. The fourth-order valence-corrected chi connectivity index (χ4v) is 6.60. The second kappa shape index (κ2) is 7.79. The van der Waals surface area contributed by atoms with Crippen LogP contribution >= 0.6 is 11.3 Å². The molecule has 1 amide bonds. The van der Waals surface area contributed by atoms with Gasteiger partial charge in [-0.05, 0) is 36.6 Å². The molecule has 0 aromatic carbocycles. The van der Waals surface area contributed by atoms with Crippen molar-refractivity contribution in [3.05, 3.63) is 39.8 Å². The number of aromatic amines is 1. The van der Waals surface area contributed by atoms with Gasteiger partial charge in [0.05, 0.1) is 22.1 Å². The van der Waals surface area contributed by atoms with Crippen LogP contribution in [0.25, 0.3) is 10.6 Å². The van der Waals surface area contributed by atoms with Gasteiger partial charge in [-0.25, -0.2) is 13.4 Å². The Hall–Kier alpha value is -2.00. The zero-order valence-electron chi connectivity index (χ0n) is 15.5. The molecule has 0 saturated carbocycles. The molecule has 2 atom stereocenters. The van der Waals surface area contributed by atoms with Gasteiger partial charge in [-0.1, -0.05) is 6.07 Å². The number of piperidine rings is 1. The number of likely N-dealkylation sites (tertiary alicyclic amines) is 1. The normalized spacial score (nSPS) is 24.4. The summed E-state index contributed by atoms with van der Waals surface area (Å²) in [6.45, 7) is 1.18. The van der Waals surface area contributed by atoms with E-state index >= 15 is 0 Å². The molecule has 0 spiro atoms. The summed E-state index contributed by atoms with van der Waals surface area (Å²) in [7, 11) is -2.98. The Kier molecular flexibility index (Phi) is 5.37. The van der Waals surface area contributed by atoms with Crippen molar-refractivity contribution in [3.63, 3.8) is 0 Å². The van der Waals surface area contributed by atoms with Gasteiger partial charge in [0, 0.05) is 31.5 Å². The van der Waals surface area contributed by atoms with Crippen molar-refractivity contribution in [1.29, 1.82) is 0 Å². The molecule has 0 unspecified atom stereocenters. The lowest BCUT2D eigenvalue weighted by Crippen LogP contribution is -2.40. The molecule has 4 heterocycles. The number of sulfone groups is 1. The maximum atomic E-state index is 12.7. The molecule has 2 aliphatic rings. The van der Waals surface area contributed by atoms with Crippen LogP contribution in [0.3, 0.4) is 0 Å². The van der Waals surface area contributed by atoms with Gasteiger partial charge in [-0.2, -0.15) is 0 Å². The Balaban J connectivity index is 1.47. The standard InChI is InChI=1S/C19H23N3O4S2/c23-17-10-15(16-4-2-7-27-16)20-19(21-17)14-3-1-6-22(11-14)18(24)9-13-5-8-28(25,26)12-13/h2,4,7,10,13-14H,1,3,5-6,8-9,11-12H2,(H,20,21,23)/t13-,14+/m0/s1. The molecule has 2 saturated heterocycles. The van der Waals surface area contributed by atoms with Gasteiger partial charge in [0.1, 0.15) is 5.82 Å². The smallest absolute Gasteiger partial charge is 0.251 e. The lowest BCUT2D eigenvalue weighted by Gasteiger charge is -2.33. The van der Waals surface area contributed by atoms with Crippen LogP contribution in [0.5, 0.6) is 0 Å². The summed E-state index contributed by atoms with van der Waals surface area (Å²) >= 11 is 1.53. The maximum Gasteiger partial charge on any atom is 0.251 e. The summed E-state index contributed by atoms with van der Waals surface area (Å²) < 4.78 is 23.3. The fourth-order valence-electron chi connectivity index (χ4n) is 4.06. The van der Waals surface area contributed by atoms with E-state index < -0.39 is 9.84 Å². The Bertz CT molecular complexity index is 1010. The summed E-state index contributed by atoms with van der Waals surface area (Å²) in [6.07, 6.45) is 2.55. The van der Waals surface area contributed by atoms with E-state index in [9.17, 15) is 18.0 Å². The van der Waals surface area contributed by atoms with Crippen molar-refractivity contribution < 1.29 is 13.2 Å². The Morgan fingerprint density at radius 1 is 1.36 bits per heavy atom. The van der Waals surface area contributed by atoms with Gasteiger partial charge in [-0.3, -0.25) is 9.59 Å². The number of nitrogens with one attached hydrogen (secondary N) is 1. The molecule has 2 aromatic rings. The average molecular weight is 422 g/mol. The predicted octanol–water partition coefficient (Wildman–Crippen LogP) is 2.03. The quantitative estimate of drug-likeness (QED) is 0.814. The highest BCUT2D eigenvalue weighted by Gasteiger charge is 2.32. The zero-order valence-corrected chi connectivity index (χ0v) is 17.1. The molecular formula is C19H23N3O4S2. The number of hydrogen-bond donors (Lipinski definition) is 1. The van der Waals surface area contributed by atoms with E-state index in [2.05, 4.69) is 9.97 Å². The molecule has 2 fully saturated rings. The zero-order chi connectivity index (χ0) is 19.7. The van der Waals surface area contributed by atoms with Crippen LogP contribution in [-0.4, -0.2) is 53.8 Å². The van der Waals surface area contributed by atoms with Crippen molar-refractivity contribution >= 4 is 27.1 Å². The third kappa shape index (κ3) is 4.35. The number of rotatable bonds is 4. The maximum absolute atomic E-state index is 12.7. The molecule has 0 radical (unpaired) electrons. The highest BCUT2D eigenvalue weighted by Crippen LogP contribution is 2.29. The Morgan fingerprint density at radius 2 is 2.21 bits per heavy atom. The number of nitrogens with zero attached hydrogens (tertiary/aromatic N) is 2. The van der Waals surface area contributed by atoms with Crippen molar-refractivity contribution in [2.75, 3.05) is 24.6 Å². The third-order valence-electron chi connectivity index (χ3n) is 5.48. The minimum Gasteiger partial charge on any atom is -0.342 e. The molecule has 150 valence electrons. The first-order chi connectivity index (χ1) is 13.4. The van der Waals surface area contributed by atoms with Gasteiger partial charge in [0.15, 0.2) is 9.84 Å². The van der Waals surface area contributed by atoms with Crippen molar-refractivity contribution in [3.8, 4) is 10.6 Å². The van der Waals surface area contributed by atoms with Gasteiger partial charge >= 0.3 is 0 Å². The first-order valence-corrected chi connectivity index (χ1v) is 12.2. The third-order valence-corrected chi connectivity index (χ3v) is 8.21. The molecule has 9 heteroatoms. The number of H-pyrrole nitrogens is 1. The highest BCUT2D eigenvalue weighted by molar-refractivity contribution is 7.91. The topological polar surface area (TPSA) is 100 Å². The molecule has 2 aromatic heterocycles. The Labute approximate surface area is 167 Å². The molecule has 0 bridgehead atoms. The van der Waals surface area contributed by atoms with Crippen molar-refractivity contribution in [2.24, 2.45) is 5.92 Å². The first kappa shape index (κ1) is 19.3. The van der Waals surface area contributed by atoms with E-state index in [1.807, 2.05) is 17.5 Å². The van der Waals surface area contributed by atoms with Crippen LogP contribution in [0.1, 0.15) is 37.4 Å². The second-order valence-corrected chi connectivity index (χ2v) is 10.8.